The van der Waals surface area contributed by atoms with E-state index in [9.17, 15) is 39.7 Å². The number of likely N-dealkylation sites (tertiary alicyclic amines) is 2. The molecule has 17 heteroatoms. The molecule has 2 fully saturated rings. The normalized spacial score (nSPS) is 14.7. The molecule has 0 spiro atoms. The summed E-state index contributed by atoms with van der Waals surface area (Å²) in [7, 11) is 0. The van der Waals surface area contributed by atoms with Gasteiger partial charge in [-0.05, 0) is 86.3 Å². The Morgan fingerprint density at radius 3 is 1.70 bits per heavy atom. The van der Waals surface area contributed by atoms with Crippen molar-refractivity contribution in [2.24, 2.45) is 0 Å². The van der Waals surface area contributed by atoms with Crippen molar-refractivity contribution in [2.75, 3.05) is 26.2 Å². The number of Topliss-reactive ketones (excluding diaryl/α,β-unsaturated/α-hetero) is 2. The number of non-ortho nitro benzene ring substituents is 2. The number of nitrogens with zero attached hydrogens (tertiary/aromatic N) is 4. The van der Waals surface area contributed by atoms with Gasteiger partial charge < -0.3 is 19.6 Å². The molecule has 0 unspecified atom stereocenters. The Labute approximate surface area is 342 Å². The number of carbonyl (C=O) groups excluding carboxylic acids is 3. The van der Waals surface area contributed by atoms with Crippen LogP contribution in [0.1, 0.15) is 63.9 Å². The Balaban J connectivity index is 0.000000244. The minimum Gasteiger partial charge on any atom is -0.507 e. The lowest BCUT2D eigenvalue weighted by Crippen LogP contribution is -2.48. The fraction of sp³-hybridized carbons (Fsp3) is 0.308. The lowest BCUT2D eigenvalue weighted by molar-refractivity contribution is -0.385. The number of hydrogen-bond donors (Lipinski definition) is 1. The molecule has 0 aromatic heterocycles. The van der Waals surface area contributed by atoms with E-state index in [0.29, 0.717) is 40.3 Å². The number of nitro benzene ring substituents is 2. The molecule has 0 saturated carbocycles. The number of benzene rings is 4. The van der Waals surface area contributed by atoms with Crippen molar-refractivity contribution in [2.45, 2.75) is 51.0 Å². The minimum atomic E-state index is -0.569. The molecule has 2 aliphatic heterocycles. The number of amides is 1. The smallest absolute Gasteiger partial charge is 0.415 e. The fourth-order valence-corrected chi connectivity index (χ4v) is 7.35. The van der Waals surface area contributed by atoms with Gasteiger partial charge in [0.15, 0.2) is 11.6 Å². The summed E-state index contributed by atoms with van der Waals surface area (Å²) >= 11 is 24.0. The highest BCUT2D eigenvalue weighted by Gasteiger charge is 2.29. The molecule has 2 aliphatic rings. The largest absolute Gasteiger partial charge is 0.507 e. The van der Waals surface area contributed by atoms with E-state index in [1.807, 2.05) is 0 Å². The van der Waals surface area contributed by atoms with Gasteiger partial charge in [-0.2, -0.15) is 0 Å². The fourth-order valence-electron chi connectivity index (χ4n) is 6.52. The zero-order valence-electron chi connectivity index (χ0n) is 29.8. The number of aromatic hydroxyl groups is 1. The van der Waals surface area contributed by atoms with E-state index in [-0.39, 0.29) is 68.5 Å². The van der Waals surface area contributed by atoms with E-state index < -0.39 is 15.9 Å². The molecule has 6 rings (SSSR count). The molecule has 0 atom stereocenters. The molecular formula is C39H36Cl4N4O9. The number of hydrogen-bond acceptors (Lipinski definition) is 10. The highest BCUT2D eigenvalue weighted by atomic mass is 35.5. The van der Waals surface area contributed by atoms with Crippen molar-refractivity contribution in [3.05, 3.63) is 135 Å². The van der Waals surface area contributed by atoms with E-state index in [0.717, 1.165) is 25.9 Å². The standard InChI is InChI=1S/C25H27Cl2N3O5.C14H9Cl2NO4/c26-18-5-7-24(21(15-18)23(31)14-17-4-6-20(30(33)34)16-22(17)27)35-25(32)29-12-8-19(9-13-29)28-10-2-1-3-11-28;15-9-2-4-13(18)11(6-9)14(19)5-8-1-3-10(17(20)21)7-12(8)16/h4-7,15-16,19H,1-3,8-14H2;1-4,6-7,18H,5H2. The summed E-state index contributed by atoms with van der Waals surface area (Å²) in [6.45, 7) is 3.47. The van der Waals surface area contributed by atoms with Crippen LogP contribution in [0.2, 0.25) is 20.1 Å². The first kappa shape index (κ1) is 42.4. The zero-order chi connectivity index (χ0) is 40.5. The number of rotatable bonds is 10. The van der Waals surface area contributed by atoms with Gasteiger partial charge >= 0.3 is 6.09 Å². The molecule has 0 bridgehead atoms. The average molecular weight is 847 g/mol. The monoisotopic (exact) mass is 844 g/mol. The molecule has 13 nitrogen and oxygen atoms in total. The zero-order valence-corrected chi connectivity index (χ0v) is 32.8. The maximum Gasteiger partial charge on any atom is 0.415 e. The Morgan fingerprint density at radius 2 is 1.18 bits per heavy atom. The van der Waals surface area contributed by atoms with E-state index in [2.05, 4.69) is 4.90 Å². The van der Waals surface area contributed by atoms with Crippen molar-refractivity contribution in [3.8, 4) is 11.5 Å². The number of piperidine rings is 2. The van der Waals surface area contributed by atoms with Gasteiger partial charge in [0.1, 0.15) is 11.5 Å². The Bertz CT molecular complexity index is 2140. The van der Waals surface area contributed by atoms with Crippen LogP contribution in [0.25, 0.3) is 0 Å². The molecule has 56 heavy (non-hydrogen) atoms. The number of phenolic OH excluding ortho intramolecular Hbond substituents is 1. The highest BCUT2D eigenvalue weighted by molar-refractivity contribution is 6.33. The molecule has 4 aromatic rings. The van der Waals surface area contributed by atoms with Crippen molar-refractivity contribution in [1.82, 2.24) is 9.80 Å². The van der Waals surface area contributed by atoms with Crippen LogP contribution >= 0.6 is 46.4 Å². The van der Waals surface area contributed by atoms with Crippen molar-refractivity contribution < 1.29 is 34.1 Å². The predicted octanol–water partition coefficient (Wildman–Crippen LogP) is 9.81. The molecule has 2 saturated heterocycles. The van der Waals surface area contributed by atoms with Crippen LogP contribution < -0.4 is 4.74 Å². The summed E-state index contributed by atoms with van der Waals surface area (Å²) in [5.74, 6) is -0.802. The van der Waals surface area contributed by atoms with Crippen LogP contribution in [0.5, 0.6) is 11.5 Å². The average Bonchev–Trinajstić information content (AvgIpc) is 3.18. The van der Waals surface area contributed by atoms with Crippen LogP contribution in [0.3, 0.4) is 0 Å². The maximum atomic E-state index is 13.1. The van der Waals surface area contributed by atoms with Crippen LogP contribution in [-0.4, -0.2) is 74.6 Å². The number of phenols is 1. The number of halogens is 4. The van der Waals surface area contributed by atoms with Crippen molar-refractivity contribution in [1.29, 1.82) is 0 Å². The summed E-state index contributed by atoms with van der Waals surface area (Å²) in [4.78, 5) is 62.7. The number of ether oxygens (including phenoxy) is 1. The Morgan fingerprint density at radius 1 is 0.679 bits per heavy atom. The van der Waals surface area contributed by atoms with Crippen LogP contribution in [0.15, 0.2) is 72.8 Å². The first-order chi connectivity index (χ1) is 26.7. The van der Waals surface area contributed by atoms with Gasteiger partial charge in [-0.3, -0.25) is 29.8 Å². The Kier molecular flexibility index (Phi) is 14.7. The van der Waals surface area contributed by atoms with Crippen molar-refractivity contribution in [3.63, 3.8) is 0 Å². The number of carbonyl (C=O) groups is 3. The first-order valence-corrected chi connectivity index (χ1v) is 19.1. The maximum absolute atomic E-state index is 13.1. The lowest BCUT2D eigenvalue weighted by atomic mass is 10.0. The van der Waals surface area contributed by atoms with Gasteiger partial charge in [0.2, 0.25) is 0 Å². The quantitative estimate of drug-likeness (QED) is 0.0920. The second-order valence-corrected chi connectivity index (χ2v) is 14.9. The van der Waals surface area contributed by atoms with E-state index in [1.165, 1.54) is 86.0 Å². The van der Waals surface area contributed by atoms with E-state index in [1.54, 1.807) is 11.0 Å². The predicted molar refractivity (Wildman–Crippen MR) is 213 cm³/mol. The molecule has 294 valence electrons. The van der Waals surface area contributed by atoms with Crippen LogP contribution in [-0.2, 0) is 12.8 Å². The van der Waals surface area contributed by atoms with Gasteiger partial charge in [-0.1, -0.05) is 65.0 Å². The molecule has 0 aliphatic carbocycles. The molecule has 1 N–H and O–H groups in total. The third-order valence-electron chi connectivity index (χ3n) is 9.52. The number of ketones is 2. The molecule has 2 heterocycles. The van der Waals surface area contributed by atoms with Gasteiger partial charge in [0.05, 0.1) is 31.0 Å². The second-order valence-electron chi connectivity index (χ2n) is 13.3. The van der Waals surface area contributed by atoms with Crippen LogP contribution in [0, 0.1) is 20.2 Å². The molecule has 1 amide bonds. The highest BCUT2D eigenvalue weighted by Crippen LogP contribution is 2.30. The summed E-state index contributed by atoms with van der Waals surface area (Å²) in [6, 6.07) is 17.0. The lowest BCUT2D eigenvalue weighted by Gasteiger charge is -2.39. The molecular weight excluding hydrogens is 810 g/mol. The van der Waals surface area contributed by atoms with Crippen LogP contribution in [0.4, 0.5) is 16.2 Å². The SMILES string of the molecule is O=C(Cc1ccc([N+](=O)[O-])cc1Cl)c1cc(Cl)ccc1O.O=C(Cc1ccc([N+](=O)[O-])cc1Cl)c1cc(Cl)ccc1OC(=O)N1CCC(N2CCCCC2)CC1. The third-order valence-corrected chi connectivity index (χ3v) is 10.7. The summed E-state index contributed by atoms with van der Waals surface area (Å²) in [5, 5.41) is 32.1. The van der Waals surface area contributed by atoms with E-state index >= 15 is 0 Å². The third kappa shape index (κ3) is 11.2. The van der Waals surface area contributed by atoms with Gasteiger partial charge in [0.25, 0.3) is 11.4 Å². The first-order valence-electron chi connectivity index (χ1n) is 17.6. The van der Waals surface area contributed by atoms with Gasteiger partial charge in [-0.25, -0.2) is 4.79 Å². The molecule has 4 aromatic carbocycles. The van der Waals surface area contributed by atoms with E-state index in [4.69, 9.17) is 51.1 Å². The summed E-state index contributed by atoms with van der Waals surface area (Å²) in [5.41, 5.74) is 0.792. The minimum absolute atomic E-state index is 0.0805. The van der Waals surface area contributed by atoms with Gasteiger partial charge in [-0.15, -0.1) is 0 Å². The topological polar surface area (TPSA) is 173 Å². The summed E-state index contributed by atoms with van der Waals surface area (Å²) < 4.78 is 5.63. The van der Waals surface area contributed by atoms with Gasteiger partial charge in [0, 0.05) is 66.3 Å². The summed E-state index contributed by atoms with van der Waals surface area (Å²) in [6.07, 6.45) is 4.86. The molecule has 0 radical (unpaired) electrons. The number of nitro groups is 2. The second kappa shape index (κ2) is 19.4. The van der Waals surface area contributed by atoms with Crippen molar-refractivity contribution >= 4 is 75.4 Å². The Hall–Kier alpha value is -4.79.